The van der Waals surface area contributed by atoms with Gasteiger partial charge in [-0.1, -0.05) is 0 Å². The third-order valence-electron chi connectivity index (χ3n) is 3.04. The van der Waals surface area contributed by atoms with Crippen molar-refractivity contribution < 1.29 is 9.53 Å². The Kier molecular flexibility index (Phi) is 5.23. The number of piperidine rings is 1. The standard InChI is InChI=1S/C13H20N4O2/c1-10-8-17-12(9-16-10)13(18)15-6-7-19-11-2-4-14-5-3-11/h8-9,11,14H,2-7H2,1H3,(H,15,18). The minimum Gasteiger partial charge on any atom is -0.376 e. The molecule has 0 saturated carbocycles. The third-order valence-corrected chi connectivity index (χ3v) is 3.04. The average Bonchev–Trinajstić information content (AvgIpc) is 2.45. The van der Waals surface area contributed by atoms with E-state index in [0.717, 1.165) is 31.6 Å². The summed E-state index contributed by atoms with van der Waals surface area (Å²) < 4.78 is 5.70. The molecule has 0 spiro atoms. The van der Waals surface area contributed by atoms with Crippen LogP contribution in [0.4, 0.5) is 0 Å². The van der Waals surface area contributed by atoms with E-state index in [-0.39, 0.29) is 5.91 Å². The van der Waals surface area contributed by atoms with Crippen LogP contribution in [0.3, 0.4) is 0 Å². The number of ether oxygens (including phenoxy) is 1. The molecule has 6 nitrogen and oxygen atoms in total. The molecule has 1 aromatic heterocycles. The minimum absolute atomic E-state index is 0.207. The maximum Gasteiger partial charge on any atom is 0.271 e. The largest absolute Gasteiger partial charge is 0.376 e. The molecule has 0 atom stereocenters. The van der Waals surface area contributed by atoms with Crippen molar-refractivity contribution in [2.45, 2.75) is 25.9 Å². The average molecular weight is 264 g/mol. The highest BCUT2D eigenvalue weighted by atomic mass is 16.5. The quantitative estimate of drug-likeness (QED) is 0.747. The van der Waals surface area contributed by atoms with Gasteiger partial charge in [0.05, 0.1) is 24.6 Å². The van der Waals surface area contributed by atoms with Gasteiger partial charge in [0.2, 0.25) is 0 Å². The Hall–Kier alpha value is -1.53. The van der Waals surface area contributed by atoms with E-state index >= 15 is 0 Å². The van der Waals surface area contributed by atoms with E-state index in [0.29, 0.717) is 24.9 Å². The number of nitrogens with zero attached hydrogens (tertiary/aromatic N) is 2. The number of rotatable bonds is 5. The number of aryl methyl sites for hydroxylation is 1. The molecule has 6 heteroatoms. The van der Waals surface area contributed by atoms with Gasteiger partial charge in [0.1, 0.15) is 5.69 Å². The number of carbonyl (C=O) groups excluding carboxylic acids is 1. The second-order valence-electron chi connectivity index (χ2n) is 4.62. The van der Waals surface area contributed by atoms with Gasteiger partial charge in [-0.05, 0) is 32.9 Å². The Morgan fingerprint density at radius 2 is 2.21 bits per heavy atom. The smallest absolute Gasteiger partial charge is 0.271 e. The molecule has 19 heavy (non-hydrogen) atoms. The topological polar surface area (TPSA) is 76.1 Å². The lowest BCUT2D eigenvalue weighted by Gasteiger charge is -2.22. The summed E-state index contributed by atoms with van der Waals surface area (Å²) in [7, 11) is 0. The van der Waals surface area contributed by atoms with Crippen molar-refractivity contribution in [3.8, 4) is 0 Å². The normalized spacial score (nSPS) is 16.3. The first-order valence-electron chi connectivity index (χ1n) is 6.65. The second kappa shape index (κ2) is 7.16. The van der Waals surface area contributed by atoms with Crippen LogP contribution in [-0.2, 0) is 4.74 Å². The minimum atomic E-state index is -0.207. The molecule has 0 bridgehead atoms. The molecular formula is C13H20N4O2. The molecular weight excluding hydrogens is 244 g/mol. The maximum absolute atomic E-state index is 11.7. The summed E-state index contributed by atoms with van der Waals surface area (Å²) in [6, 6.07) is 0. The van der Waals surface area contributed by atoms with E-state index < -0.39 is 0 Å². The first-order chi connectivity index (χ1) is 9.25. The second-order valence-corrected chi connectivity index (χ2v) is 4.62. The zero-order valence-electron chi connectivity index (χ0n) is 11.2. The van der Waals surface area contributed by atoms with Gasteiger partial charge in [0, 0.05) is 12.7 Å². The molecule has 0 unspecified atom stereocenters. The molecule has 1 aromatic rings. The highest BCUT2D eigenvalue weighted by Crippen LogP contribution is 2.06. The highest BCUT2D eigenvalue weighted by Gasteiger charge is 2.13. The molecule has 0 aliphatic carbocycles. The molecule has 1 amide bonds. The number of nitrogens with one attached hydrogen (secondary N) is 2. The van der Waals surface area contributed by atoms with Gasteiger partial charge < -0.3 is 15.4 Å². The Labute approximate surface area is 113 Å². The van der Waals surface area contributed by atoms with Crippen LogP contribution in [0.2, 0.25) is 0 Å². The zero-order chi connectivity index (χ0) is 13.5. The summed E-state index contributed by atoms with van der Waals surface area (Å²) in [5.74, 6) is -0.207. The number of aromatic nitrogens is 2. The summed E-state index contributed by atoms with van der Waals surface area (Å²) in [4.78, 5) is 19.8. The third kappa shape index (κ3) is 4.57. The molecule has 104 valence electrons. The van der Waals surface area contributed by atoms with Crippen LogP contribution < -0.4 is 10.6 Å². The first-order valence-corrected chi connectivity index (χ1v) is 6.65. The van der Waals surface area contributed by atoms with Crippen molar-refractivity contribution in [1.82, 2.24) is 20.6 Å². The van der Waals surface area contributed by atoms with Gasteiger partial charge in [-0.25, -0.2) is 4.98 Å². The van der Waals surface area contributed by atoms with E-state index in [4.69, 9.17) is 4.74 Å². The van der Waals surface area contributed by atoms with Gasteiger partial charge in [0.25, 0.3) is 5.91 Å². The molecule has 1 saturated heterocycles. The number of hydrogen-bond donors (Lipinski definition) is 2. The molecule has 2 rings (SSSR count). The first kappa shape index (κ1) is 13.9. The fraction of sp³-hybridized carbons (Fsp3) is 0.615. The Bertz CT molecular complexity index is 402. The lowest BCUT2D eigenvalue weighted by Crippen LogP contribution is -2.35. The van der Waals surface area contributed by atoms with Gasteiger partial charge in [-0.15, -0.1) is 0 Å². The lowest BCUT2D eigenvalue weighted by molar-refractivity contribution is 0.0343. The van der Waals surface area contributed by atoms with Crippen LogP contribution >= 0.6 is 0 Å². The van der Waals surface area contributed by atoms with Crippen LogP contribution in [0.15, 0.2) is 12.4 Å². The van der Waals surface area contributed by atoms with Crippen LogP contribution in [0, 0.1) is 6.92 Å². The summed E-state index contributed by atoms with van der Waals surface area (Å²) in [6.45, 7) is 4.89. The van der Waals surface area contributed by atoms with Crippen molar-refractivity contribution in [3.63, 3.8) is 0 Å². The van der Waals surface area contributed by atoms with Crippen LogP contribution in [0.5, 0.6) is 0 Å². The molecule has 2 N–H and O–H groups in total. The van der Waals surface area contributed by atoms with Crippen LogP contribution in [-0.4, -0.2) is 48.2 Å². The fourth-order valence-corrected chi connectivity index (χ4v) is 1.95. The van der Waals surface area contributed by atoms with E-state index in [2.05, 4.69) is 20.6 Å². The predicted molar refractivity (Wildman–Crippen MR) is 70.9 cm³/mol. The van der Waals surface area contributed by atoms with Crippen molar-refractivity contribution in [1.29, 1.82) is 0 Å². The molecule has 0 radical (unpaired) electrons. The van der Waals surface area contributed by atoms with E-state index in [9.17, 15) is 4.79 Å². The molecule has 2 heterocycles. The summed E-state index contributed by atoms with van der Waals surface area (Å²) >= 11 is 0. The summed E-state index contributed by atoms with van der Waals surface area (Å²) in [6.07, 6.45) is 5.46. The Balaban J connectivity index is 1.64. The molecule has 0 aromatic carbocycles. The van der Waals surface area contributed by atoms with Crippen molar-refractivity contribution >= 4 is 5.91 Å². The zero-order valence-corrected chi connectivity index (χ0v) is 11.2. The van der Waals surface area contributed by atoms with Crippen molar-refractivity contribution in [3.05, 3.63) is 23.8 Å². The molecule has 1 aliphatic rings. The monoisotopic (exact) mass is 264 g/mol. The van der Waals surface area contributed by atoms with Gasteiger partial charge in [-0.2, -0.15) is 0 Å². The SMILES string of the molecule is Cc1cnc(C(=O)NCCOC2CCNCC2)cn1. The van der Waals surface area contributed by atoms with Gasteiger partial charge in [-0.3, -0.25) is 9.78 Å². The van der Waals surface area contributed by atoms with E-state index in [1.54, 1.807) is 6.20 Å². The number of amides is 1. The fourth-order valence-electron chi connectivity index (χ4n) is 1.95. The predicted octanol–water partition coefficient (Wildman–Crippen LogP) is 0.283. The Morgan fingerprint density at radius 1 is 1.42 bits per heavy atom. The van der Waals surface area contributed by atoms with E-state index in [1.165, 1.54) is 6.20 Å². The lowest BCUT2D eigenvalue weighted by atomic mass is 10.1. The Morgan fingerprint density at radius 3 is 2.89 bits per heavy atom. The van der Waals surface area contributed by atoms with Crippen LogP contribution in [0.25, 0.3) is 0 Å². The maximum atomic E-state index is 11.7. The number of hydrogen-bond acceptors (Lipinski definition) is 5. The number of carbonyl (C=O) groups is 1. The molecule has 1 fully saturated rings. The van der Waals surface area contributed by atoms with Gasteiger partial charge in [0.15, 0.2) is 0 Å². The summed E-state index contributed by atoms with van der Waals surface area (Å²) in [5.41, 5.74) is 1.14. The van der Waals surface area contributed by atoms with E-state index in [1.807, 2.05) is 6.92 Å². The molecule has 1 aliphatic heterocycles. The van der Waals surface area contributed by atoms with Crippen molar-refractivity contribution in [2.75, 3.05) is 26.2 Å². The van der Waals surface area contributed by atoms with Gasteiger partial charge >= 0.3 is 0 Å². The summed E-state index contributed by atoms with van der Waals surface area (Å²) in [5, 5.41) is 6.06. The van der Waals surface area contributed by atoms with Crippen molar-refractivity contribution in [2.24, 2.45) is 0 Å². The van der Waals surface area contributed by atoms with Crippen LogP contribution in [0.1, 0.15) is 29.0 Å². The highest BCUT2D eigenvalue weighted by molar-refractivity contribution is 5.91.